The summed E-state index contributed by atoms with van der Waals surface area (Å²) in [6, 6.07) is 5.84. The molecule has 2 aliphatic carbocycles. The summed E-state index contributed by atoms with van der Waals surface area (Å²) >= 11 is 0. The summed E-state index contributed by atoms with van der Waals surface area (Å²) < 4.78 is 10.4. The minimum atomic E-state index is -0.817. The van der Waals surface area contributed by atoms with E-state index in [1.54, 1.807) is 7.11 Å². The minimum absolute atomic E-state index is 0.0324. The molecule has 2 aliphatic rings. The Morgan fingerprint density at radius 2 is 1.81 bits per heavy atom. The standard InChI is InChI=1S/C23H28O4/c1-6-15-9-10-16(7-2)23(15,3)21(24)20(22(25)27-5)19-12-14-8-11-17(26-4)13-18(14)19/h6-8,11,13,15-16,19-20H,1-2,9-10,12H2,3-5H3/t15-,16+,19?,20?,23?. The Morgan fingerprint density at radius 1 is 1.19 bits per heavy atom. The van der Waals surface area contributed by atoms with Crippen LogP contribution in [0.2, 0.25) is 0 Å². The average Bonchev–Trinajstić information content (AvgIpc) is 3.01. The molecule has 0 aliphatic heterocycles. The Hall–Kier alpha value is -2.36. The lowest BCUT2D eigenvalue weighted by atomic mass is 9.61. The molecule has 0 amide bonds. The number of carbonyl (C=O) groups is 2. The average molecular weight is 368 g/mol. The zero-order chi connectivity index (χ0) is 19.8. The number of allylic oxidation sites excluding steroid dienone is 2. The van der Waals surface area contributed by atoms with Gasteiger partial charge in [-0.3, -0.25) is 9.59 Å². The van der Waals surface area contributed by atoms with Crippen molar-refractivity contribution < 1.29 is 19.1 Å². The molecule has 0 aromatic heterocycles. The van der Waals surface area contributed by atoms with E-state index >= 15 is 0 Å². The fourth-order valence-corrected chi connectivity index (χ4v) is 4.98. The second-order valence-electron chi connectivity index (χ2n) is 7.78. The number of rotatable bonds is 7. The number of Topliss-reactive ketones (excluding diaryl/α,β-unsaturated/α-hetero) is 1. The molecule has 0 N–H and O–H groups in total. The summed E-state index contributed by atoms with van der Waals surface area (Å²) in [5, 5.41) is 0. The number of ketones is 1. The summed E-state index contributed by atoms with van der Waals surface area (Å²) in [6.45, 7) is 9.82. The molecule has 5 atom stereocenters. The molecule has 1 aromatic carbocycles. The Bertz CT molecular complexity index is 763. The number of carbonyl (C=O) groups excluding carboxylic acids is 2. The van der Waals surface area contributed by atoms with Crippen LogP contribution in [-0.4, -0.2) is 26.0 Å². The second-order valence-corrected chi connectivity index (χ2v) is 7.78. The van der Waals surface area contributed by atoms with Crippen molar-refractivity contribution in [2.24, 2.45) is 23.2 Å². The highest BCUT2D eigenvalue weighted by Crippen LogP contribution is 2.53. The number of esters is 1. The number of fused-ring (bicyclic) bond motifs is 1. The second kappa shape index (κ2) is 7.34. The maximum absolute atomic E-state index is 13.8. The molecule has 0 saturated heterocycles. The third-order valence-electron chi connectivity index (χ3n) is 6.76. The summed E-state index contributed by atoms with van der Waals surface area (Å²) in [5.41, 5.74) is 1.47. The van der Waals surface area contributed by atoms with Crippen molar-refractivity contribution in [1.29, 1.82) is 0 Å². The van der Waals surface area contributed by atoms with Crippen LogP contribution in [-0.2, 0) is 20.7 Å². The first kappa shape index (κ1) is 19.4. The number of hydrogen-bond donors (Lipinski definition) is 0. The van der Waals surface area contributed by atoms with Gasteiger partial charge in [0.1, 0.15) is 11.7 Å². The van der Waals surface area contributed by atoms with Gasteiger partial charge in [0, 0.05) is 11.3 Å². The molecule has 4 nitrogen and oxygen atoms in total. The quantitative estimate of drug-likeness (QED) is 0.413. The van der Waals surface area contributed by atoms with Crippen molar-refractivity contribution in [3.8, 4) is 5.75 Å². The van der Waals surface area contributed by atoms with Crippen LogP contribution in [0, 0.1) is 23.2 Å². The molecule has 1 aromatic rings. The molecule has 3 rings (SSSR count). The van der Waals surface area contributed by atoms with Crippen LogP contribution in [0.1, 0.15) is 36.8 Å². The smallest absolute Gasteiger partial charge is 0.316 e. The van der Waals surface area contributed by atoms with Gasteiger partial charge in [-0.05, 0) is 54.4 Å². The highest BCUT2D eigenvalue weighted by Gasteiger charge is 2.55. The highest BCUT2D eigenvalue weighted by molar-refractivity contribution is 6.04. The van der Waals surface area contributed by atoms with E-state index in [1.807, 2.05) is 37.3 Å². The molecule has 1 saturated carbocycles. The molecule has 3 unspecified atom stereocenters. The summed E-state index contributed by atoms with van der Waals surface area (Å²) in [4.78, 5) is 26.5. The van der Waals surface area contributed by atoms with Gasteiger partial charge in [0.15, 0.2) is 5.78 Å². The van der Waals surface area contributed by atoms with E-state index in [9.17, 15) is 9.59 Å². The van der Waals surface area contributed by atoms with Crippen molar-refractivity contribution >= 4 is 11.8 Å². The first-order valence-electron chi connectivity index (χ1n) is 9.46. The monoisotopic (exact) mass is 368 g/mol. The molecule has 144 valence electrons. The van der Waals surface area contributed by atoms with Gasteiger partial charge in [-0.1, -0.05) is 25.1 Å². The van der Waals surface area contributed by atoms with Gasteiger partial charge in [0.05, 0.1) is 14.2 Å². The van der Waals surface area contributed by atoms with Gasteiger partial charge in [0.2, 0.25) is 0 Å². The van der Waals surface area contributed by atoms with E-state index in [-0.39, 0.29) is 23.5 Å². The lowest BCUT2D eigenvalue weighted by Gasteiger charge is -2.41. The molecule has 1 fully saturated rings. The Labute approximate surface area is 161 Å². The maximum Gasteiger partial charge on any atom is 0.316 e. The SMILES string of the molecule is C=C[C@@H]1CC[C@H](C=C)C1(C)C(=O)C(C(=O)OC)C1Cc2ccc(OC)cc21. The molecular weight excluding hydrogens is 340 g/mol. The zero-order valence-corrected chi connectivity index (χ0v) is 16.4. The maximum atomic E-state index is 13.8. The van der Waals surface area contributed by atoms with Gasteiger partial charge < -0.3 is 9.47 Å². The van der Waals surface area contributed by atoms with Gasteiger partial charge in [-0.2, -0.15) is 0 Å². The van der Waals surface area contributed by atoms with Crippen LogP contribution >= 0.6 is 0 Å². The van der Waals surface area contributed by atoms with Gasteiger partial charge in [-0.15, -0.1) is 13.2 Å². The van der Waals surface area contributed by atoms with Crippen LogP contribution in [0.25, 0.3) is 0 Å². The van der Waals surface area contributed by atoms with Crippen LogP contribution in [0.5, 0.6) is 5.75 Å². The number of benzene rings is 1. The van der Waals surface area contributed by atoms with Crippen molar-refractivity contribution in [3.05, 3.63) is 54.6 Å². The topological polar surface area (TPSA) is 52.6 Å². The molecule has 4 heteroatoms. The van der Waals surface area contributed by atoms with E-state index < -0.39 is 17.3 Å². The van der Waals surface area contributed by atoms with Crippen molar-refractivity contribution in [2.75, 3.05) is 14.2 Å². The van der Waals surface area contributed by atoms with Crippen molar-refractivity contribution in [3.63, 3.8) is 0 Å². The Kier molecular flexibility index (Phi) is 5.27. The molecule has 0 radical (unpaired) electrons. The van der Waals surface area contributed by atoms with E-state index in [0.29, 0.717) is 6.42 Å². The first-order valence-corrected chi connectivity index (χ1v) is 9.46. The van der Waals surface area contributed by atoms with E-state index in [0.717, 1.165) is 29.7 Å². The van der Waals surface area contributed by atoms with E-state index in [4.69, 9.17) is 9.47 Å². The van der Waals surface area contributed by atoms with Gasteiger partial charge >= 0.3 is 5.97 Å². The minimum Gasteiger partial charge on any atom is -0.497 e. The van der Waals surface area contributed by atoms with Crippen LogP contribution in [0.4, 0.5) is 0 Å². The largest absolute Gasteiger partial charge is 0.497 e. The fraction of sp³-hybridized carbons (Fsp3) is 0.478. The van der Waals surface area contributed by atoms with Crippen molar-refractivity contribution in [2.45, 2.75) is 32.1 Å². The van der Waals surface area contributed by atoms with Gasteiger partial charge in [0.25, 0.3) is 0 Å². The first-order chi connectivity index (χ1) is 12.9. The molecule has 0 heterocycles. The number of methoxy groups -OCH3 is 2. The third-order valence-corrected chi connectivity index (χ3v) is 6.76. The lowest BCUT2D eigenvalue weighted by Crippen LogP contribution is -2.47. The predicted octanol–water partition coefficient (Wildman–Crippen LogP) is 4.10. The van der Waals surface area contributed by atoms with Crippen molar-refractivity contribution in [1.82, 2.24) is 0 Å². The third kappa shape index (κ3) is 2.91. The van der Waals surface area contributed by atoms with E-state index in [1.165, 1.54) is 7.11 Å². The molecule has 0 spiro atoms. The Morgan fingerprint density at radius 3 is 2.33 bits per heavy atom. The summed E-state index contributed by atoms with van der Waals surface area (Å²) in [7, 11) is 2.96. The lowest BCUT2D eigenvalue weighted by molar-refractivity contribution is -0.155. The highest BCUT2D eigenvalue weighted by atomic mass is 16.5. The summed E-state index contributed by atoms with van der Waals surface area (Å²) in [6.07, 6.45) is 6.16. The van der Waals surface area contributed by atoms with E-state index in [2.05, 4.69) is 13.2 Å². The van der Waals surface area contributed by atoms with Gasteiger partial charge in [-0.25, -0.2) is 0 Å². The van der Waals surface area contributed by atoms with Crippen LogP contribution in [0.3, 0.4) is 0 Å². The summed E-state index contributed by atoms with van der Waals surface area (Å²) in [5.74, 6) is -0.715. The van der Waals surface area contributed by atoms with Crippen LogP contribution in [0.15, 0.2) is 43.5 Å². The number of ether oxygens (including phenoxy) is 2. The fourth-order valence-electron chi connectivity index (χ4n) is 4.98. The normalized spacial score (nSPS) is 29.8. The Balaban J connectivity index is 2.01. The zero-order valence-electron chi connectivity index (χ0n) is 16.4. The predicted molar refractivity (Wildman–Crippen MR) is 105 cm³/mol. The molecular formula is C23H28O4. The van der Waals surface area contributed by atoms with Crippen LogP contribution < -0.4 is 4.74 Å². The molecule has 27 heavy (non-hydrogen) atoms. The number of hydrogen-bond acceptors (Lipinski definition) is 4. The molecule has 0 bridgehead atoms.